The van der Waals surface area contributed by atoms with E-state index in [-0.39, 0.29) is 28.8 Å². The zero-order chi connectivity index (χ0) is 20.2. The minimum Gasteiger partial charge on any atom is -0.455 e. The van der Waals surface area contributed by atoms with Crippen LogP contribution in [0.3, 0.4) is 0 Å². The quantitative estimate of drug-likeness (QED) is 0.742. The van der Waals surface area contributed by atoms with E-state index in [1.807, 2.05) is 0 Å². The zero-order valence-corrected chi connectivity index (χ0v) is 16.8. The van der Waals surface area contributed by atoms with Gasteiger partial charge in [0.1, 0.15) is 0 Å². The topological polar surface area (TPSA) is 116 Å². The minimum atomic E-state index is -3.78. The van der Waals surface area contributed by atoms with Crippen LogP contribution < -0.4 is 10.5 Å². The predicted molar refractivity (Wildman–Crippen MR) is 102 cm³/mol. The normalized spacial score (nSPS) is 20.7. The van der Waals surface area contributed by atoms with Crippen LogP contribution in [0, 0.1) is 17.3 Å². The Balaban J connectivity index is 1.78. The summed E-state index contributed by atoms with van der Waals surface area (Å²) >= 11 is 0. The third kappa shape index (κ3) is 6.32. The van der Waals surface area contributed by atoms with Gasteiger partial charge in [-0.05, 0) is 61.3 Å². The zero-order valence-electron chi connectivity index (χ0n) is 16.0. The summed E-state index contributed by atoms with van der Waals surface area (Å²) in [5, 5.41) is 7.57. The lowest BCUT2D eigenvalue weighted by atomic mass is 9.70. The highest BCUT2D eigenvalue weighted by Gasteiger charge is 2.33. The molecule has 0 spiro atoms. The molecule has 1 aromatic carbocycles. The van der Waals surface area contributed by atoms with Crippen molar-refractivity contribution >= 4 is 27.6 Å². The summed E-state index contributed by atoms with van der Waals surface area (Å²) in [7, 11) is -3.78. The number of nitrogens with one attached hydrogen (secondary N) is 1. The Labute approximate surface area is 160 Å². The van der Waals surface area contributed by atoms with Crippen LogP contribution in [0.25, 0.3) is 0 Å². The molecule has 1 aliphatic carbocycles. The molecule has 0 radical (unpaired) electrons. The van der Waals surface area contributed by atoms with E-state index in [9.17, 15) is 18.0 Å². The number of esters is 1. The van der Waals surface area contributed by atoms with Crippen molar-refractivity contribution in [3.8, 4) is 0 Å². The second-order valence-corrected chi connectivity index (χ2v) is 9.70. The summed E-state index contributed by atoms with van der Waals surface area (Å²) in [5.41, 5.74) is 0.641. The van der Waals surface area contributed by atoms with E-state index in [0.717, 1.165) is 25.7 Å². The third-order valence-corrected chi connectivity index (χ3v) is 6.03. The van der Waals surface area contributed by atoms with Crippen LogP contribution in [0.15, 0.2) is 29.2 Å². The smallest absolute Gasteiger partial charge is 0.309 e. The van der Waals surface area contributed by atoms with Crippen LogP contribution in [0.5, 0.6) is 0 Å². The molecular weight excluding hydrogens is 368 g/mol. The van der Waals surface area contributed by atoms with Crippen molar-refractivity contribution < 1.29 is 22.7 Å². The van der Waals surface area contributed by atoms with Gasteiger partial charge in [-0.15, -0.1) is 0 Å². The number of sulfonamides is 1. The molecule has 1 amide bonds. The second-order valence-electron chi connectivity index (χ2n) is 8.14. The van der Waals surface area contributed by atoms with Gasteiger partial charge < -0.3 is 10.1 Å². The fourth-order valence-corrected chi connectivity index (χ4v) is 3.89. The van der Waals surface area contributed by atoms with Crippen molar-refractivity contribution in [2.24, 2.45) is 22.4 Å². The first-order chi connectivity index (χ1) is 12.5. The molecule has 0 aromatic heterocycles. The fraction of sp³-hybridized carbons (Fsp3) is 0.579. The molecule has 0 atom stereocenters. The summed E-state index contributed by atoms with van der Waals surface area (Å²) in [4.78, 5) is 24.1. The van der Waals surface area contributed by atoms with Crippen LogP contribution in [0.1, 0.15) is 46.5 Å². The van der Waals surface area contributed by atoms with Gasteiger partial charge in [0.25, 0.3) is 5.91 Å². The van der Waals surface area contributed by atoms with E-state index in [1.165, 1.54) is 24.3 Å². The number of hydrogen-bond acceptors (Lipinski definition) is 5. The molecule has 0 aliphatic heterocycles. The molecule has 0 bridgehead atoms. The highest BCUT2D eigenvalue weighted by molar-refractivity contribution is 7.89. The number of hydrogen-bond donors (Lipinski definition) is 2. The average molecular weight is 397 g/mol. The number of nitrogens with two attached hydrogens (primary N) is 1. The molecule has 27 heavy (non-hydrogen) atoms. The van der Waals surface area contributed by atoms with E-state index < -0.39 is 15.9 Å². The Bertz CT molecular complexity index is 773. The summed E-state index contributed by atoms with van der Waals surface area (Å²) in [6.45, 7) is 6.29. The van der Waals surface area contributed by atoms with Crippen LogP contribution >= 0.6 is 0 Å². The first-order valence-corrected chi connectivity index (χ1v) is 10.6. The fourth-order valence-electron chi connectivity index (χ4n) is 3.37. The molecule has 3 N–H and O–H groups in total. The van der Waals surface area contributed by atoms with Gasteiger partial charge in [-0.3, -0.25) is 9.59 Å². The van der Waals surface area contributed by atoms with Gasteiger partial charge in [-0.25, -0.2) is 13.6 Å². The van der Waals surface area contributed by atoms with Crippen LogP contribution in [0.4, 0.5) is 5.69 Å². The maximum absolute atomic E-state index is 12.2. The van der Waals surface area contributed by atoms with Crippen molar-refractivity contribution in [3.63, 3.8) is 0 Å². The monoisotopic (exact) mass is 396 g/mol. The van der Waals surface area contributed by atoms with Crippen molar-refractivity contribution in [3.05, 3.63) is 24.3 Å². The average Bonchev–Trinajstić information content (AvgIpc) is 2.58. The van der Waals surface area contributed by atoms with Gasteiger partial charge in [-0.1, -0.05) is 20.8 Å². The highest BCUT2D eigenvalue weighted by atomic mass is 32.2. The lowest BCUT2D eigenvalue weighted by Crippen LogP contribution is -2.31. The number of benzene rings is 1. The van der Waals surface area contributed by atoms with Crippen molar-refractivity contribution in [1.82, 2.24) is 0 Å². The largest absolute Gasteiger partial charge is 0.455 e. The molecule has 1 aromatic rings. The van der Waals surface area contributed by atoms with E-state index in [1.54, 1.807) is 0 Å². The Kier molecular flexibility index (Phi) is 6.64. The molecule has 150 valence electrons. The Morgan fingerprint density at radius 3 is 2.15 bits per heavy atom. The summed E-state index contributed by atoms with van der Waals surface area (Å²) < 4.78 is 27.6. The van der Waals surface area contributed by atoms with Gasteiger partial charge >= 0.3 is 5.97 Å². The van der Waals surface area contributed by atoms with Crippen molar-refractivity contribution in [2.75, 3.05) is 11.9 Å². The van der Waals surface area contributed by atoms with Crippen molar-refractivity contribution in [2.45, 2.75) is 51.3 Å². The Morgan fingerprint density at radius 1 is 1.11 bits per heavy atom. The lowest BCUT2D eigenvalue weighted by Gasteiger charge is -2.36. The van der Waals surface area contributed by atoms with Gasteiger partial charge in [0.15, 0.2) is 6.61 Å². The number of anilines is 1. The third-order valence-electron chi connectivity index (χ3n) is 5.10. The van der Waals surface area contributed by atoms with Crippen LogP contribution in [-0.2, 0) is 24.3 Å². The number of carbonyl (C=O) groups excluding carboxylic acids is 2. The molecule has 0 saturated heterocycles. The molecule has 1 aliphatic rings. The van der Waals surface area contributed by atoms with Gasteiger partial charge in [0.2, 0.25) is 10.0 Å². The van der Waals surface area contributed by atoms with E-state index in [2.05, 4.69) is 26.1 Å². The summed E-state index contributed by atoms with van der Waals surface area (Å²) in [6.07, 6.45) is 3.56. The summed E-state index contributed by atoms with van der Waals surface area (Å²) in [6, 6.07) is 5.44. The molecule has 1 saturated carbocycles. The van der Waals surface area contributed by atoms with Crippen molar-refractivity contribution in [1.29, 1.82) is 0 Å². The molecule has 0 unspecified atom stereocenters. The lowest BCUT2D eigenvalue weighted by molar-refractivity contribution is -0.153. The molecule has 8 heteroatoms. The van der Waals surface area contributed by atoms with Gasteiger partial charge in [0, 0.05) is 5.69 Å². The summed E-state index contributed by atoms with van der Waals surface area (Å²) in [5.74, 6) is -0.354. The standard InChI is InChI=1S/C19H28N2O5S/c1-19(2,3)14-6-4-13(5-7-14)18(23)26-12-17(22)21-15-8-10-16(11-9-15)27(20,24)25/h8-11,13-14H,4-7,12H2,1-3H3,(H,21,22)(H2,20,24,25). The second kappa shape index (κ2) is 8.39. The molecule has 7 nitrogen and oxygen atoms in total. The first-order valence-electron chi connectivity index (χ1n) is 9.06. The maximum Gasteiger partial charge on any atom is 0.309 e. The number of primary sulfonamides is 1. The molecule has 1 fully saturated rings. The minimum absolute atomic E-state index is 0.0437. The predicted octanol–water partition coefficient (Wildman–Crippen LogP) is 2.67. The van der Waals surface area contributed by atoms with Gasteiger partial charge in [0.05, 0.1) is 10.8 Å². The molecule has 0 heterocycles. The number of carbonyl (C=O) groups is 2. The highest BCUT2D eigenvalue weighted by Crippen LogP contribution is 2.40. The van der Waals surface area contributed by atoms with Gasteiger partial charge in [-0.2, -0.15) is 0 Å². The molecular formula is C19H28N2O5S. The van der Waals surface area contributed by atoms with E-state index in [0.29, 0.717) is 11.6 Å². The molecule has 2 rings (SSSR count). The Hall–Kier alpha value is -1.93. The SMILES string of the molecule is CC(C)(C)C1CCC(C(=O)OCC(=O)Nc2ccc(S(N)(=O)=O)cc2)CC1. The first kappa shape index (κ1) is 21.4. The maximum atomic E-state index is 12.2. The number of rotatable bonds is 5. The number of ether oxygens (including phenoxy) is 1. The number of amides is 1. The van der Waals surface area contributed by atoms with Crippen LogP contribution in [0.2, 0.25) is 0 Å². The van der Waals surface area contributed by atoms with Crippen LogP contribution in [-0.4, -0.2) is 26.9 Å². The van der Waals surface area contributed by atoms with E-state index >= 15 is 0 Å². The van der Waals surface area contributed by atoms with E-state index in [4.69, 9.17) is 9.88 Å². The Morgan fingerprint density at radius 2 is 1.67 bits per heavy atom.